The van der Waals surface area contributed by atoms with Crippen molar-refractivity contribution in [2.75, 3.05) is 30.4 Å². The van der Waals surface area contributed by atoms with Gasteiger partial charge in [-0.2, -0.15) is 0 Å². The van der Waals surface area contributed by atoms with E-state index >= 15 is 0 Å². The van der Waals surface area contributed by atoms with Gasteiger partial charge in [0.05, 0.1) is 4.92 Å². The average Bonchev–Trinajstić information content (AvgIpc) is 2.62. The quantitative estimate of drug-likeness (QED) is 0.445. The van der Waals surface area contributed by atoms with E-state index in [0.717, 1.165) is 0 Å². The van der Waals surface area contributed by atoms with Crippen LogP contribution in [0, 0.1) is 17.0 Å². The summed E-state index contributed by atoms with van der Waals surface area (Å²) in [7, 11) is 1.60. The molecule has 2 rings (SSSR count). The van der Waals surface area contributed by atoms with E-state index in [1.807, 2.05) is 0 Å². The maximum Gasteiger partial charge on any atom is 0.326 e. The number of nitrogens with zero attached hydrogens (tertiary/aromatic N) is 4. The van der Waals surface area contributed by atoms with E-state index in [-0.39, 0.29) is 17.9 Å². The Morgan fingerprint density at radius 1 is 1.31 bits per heavy atom. The van der Waals surface area contributed by atoms with Gasteiger partial charge < -0.3 is 15.0 Å². The van der Waals surface area contributed by atoms with E-state index in [4.69, 9.17) is 4.74 Å². The fraction of sp³-hybridized carbons (Fsp3) is 0.250. The molecular weight excluding hydrogens is 342 g/mol. The van der Waals surface area contributed by atoms with Crippen LogP contribution in [0.5, 0.6) is 0 Å². The minimum atomic E-state index is -0.677. The number of anilines is 2. The van der Waals surface area contributed by atoms with Crippen LogP contribution in [-0.4, -0.2) is 47.0 Å². The molecule has 0 spiro atoms. The van der Waals surface area contributed by atoms with Crippen LogP contribution >= 0.6 is 0 Å². The number of rotatable bonds is 7. The molecule has 0 aliphatic rings. The molecule has 0 saturated carbocycles. The second kappa shape index (κ2) is 8.51. The number of amides is 1. The highest BCUT2D eigenvalue weighted by Crippen LogP contribution is 2.25. The summed E-state index contributed by atoms with van der Waals surface area (Å²) in [6.07, 6.45) is 3.07. The predicted octanol–water partition coefficient (Wildman–Crippen LogP) is 1.31. The summed E-state index contributed by atoms with van der Waals surface area (Å²) in [5.74, 6) is -0.999. The Morgan fingerprint density at radius 2 is 2.00 bits per heavy atom. The van der Waals surface area contributed by atoms with Crippen molar-refractivity contribution in [2.45, 2.75) is 6.92 Å². The number of aryl methyl sites for hydroxylation is 1. The number of esters is 1. The van der Waals surface area contributed by atoms with Crippen LogP contribution in [0.2, 0.25) is 0 Å². The minimum absolute atomic E-state index is 0.0384. The minimum Gasteiger partial charge on any atom is -0.454 e. The Kier molecular flexibility index (Phi) is 6.15. The Bertz CT molecular complexity index is 812. The molecule has 0 radical (unpaired) electrons. The first-order valence-electron chi connectivity index (χ1n) is 7.55. The Balaban J connectivity index is 1.87. The molecule has 1 aromatic carbocycles. The zero-order valence-electron chi connectivity index (χ0n) is 14.2. The van der Waals surface area contributed by atoms with Gasteiger partial charge in [-0.05, 0) is 24.6 Å². The molecule has 26 heavy (non-hydrogen) atoms. The van der Waals surface area contributed by atoms with Crippen LogP contribution in [0.15, 0.2) is 36.7 Å². The molecule has 10 nitrogen and oxygen atoms in total. The van der Waals surface area contributed by atoms with Crippen molar-refractivity contribution in [3.63, 3.8) is 0 Å². The standard InChI is InChI=1S/C16H17N5O5/c1-11-4-5-12(13(8-11)21(24)25)19-14(22)10-26-15(23)9-20(2)16-17-6-3-7-18-16/h3-8H,9-10H2,1-2H3,(H,19,22). The lowest BCUT2D eigenvalue weighted by Gasteiger charge is -2.15. The molecule has 0 saturated heterocycles. The molecule has 0 bridgehead atoms. The average molecular weight is 359 g/mol. The van der Waals surface area contributed by atoms with Crippen molar-refractivity contribution >= 4 is 29.2 Å². The molecule has 0 aliphatic heterocycles. The van der Waals surface area contributed by atoms with E-state index in [2.05, 4.69) is 15.3 Å². The number of nitro benzene ring substituents is 1. The molecule has 2 aromatic rings. The van der Waals surface area contributed by atoms with Gasteiger partial charge in [0, 0.05) is 25.5 Å². The number of benzene rings is 1. The maximum atomic E-state index is 11.9. The van der Waals surface area contributed by atoms with Crippen LogP contribution in [0.3, 0.4) is 0 Å². The van der Waals surface area contributed by atoms with Crippen LogP contribution in [0.25, 0.3) is 0 Å². The fourth-order valence-electron chi connectivity index (χ4n) is 2.03. The Labute approximate surface area is 149 Å². The predicted molar refractivity (Wildman–Crippen MR) is 92.7 cm³/mol. The summed E-state index contributed by atoms with van der Waals surface area (Å²) in [5, 5.41) is 13.4. The highest BCUT2D eigenvalue weighted by molar-refractivity contribution is 5.95. The SMILES string of the molecule is Cc1ccc(NC(=O)COC(=O)CN(C)c2ncccn2)c([N+](=O)[O-])c1. The summed E-state index contributed by atoms with van der Waals surface area (Å²) in [4.78, 5) is 43.5. The lowest BCUT2D eigenvalue weighted by Crippen LogP contribution is -2.30. The van der Waals surface area contributed by atoms with Crippen LogP contribution in [0.4, 0.5) is 17.3 Å². The summed E-state index contributed by atoms with van der Waals surface area (Å²) in [6, 6.07) is 6.04. The van der Waals surface area contributed by atoms with Crippen molar-refractivity contribution in [1.29, 1.82) is 0 Å². The van der Waals surface area contributed by atoms with Gasteiger partial charge in [-0.15, -0.1) is 0 Å². The van der Waals surface area contributed by atoms with Crippen molar-refractivity contribution in [3.8, 4) is 0 Å². The van der Waals surface area contributed by atoms with Crippen LogP contribution in [-0.2, 0) is 14.3 Å². The fourth-order valence-corrected chi connectivity index (χ4v) is 2.03. The number of nitrogens with one attached hydrogen (secondary N) is 1. The summed E-state index contributed by atoms with van der Waals surface area (Å²) < 4.78 is 4.87. The molecule has 1 aromatic heterocycles. The van der Waals surface area contributed by atoms with Crippen molar-refractivity contribution in [2.24, 2.45) is 0 Å². The maximum absolute atomic E-state index is 11.9. The van der Waals surface area contributed by atoms with Gasteiger partial charge in [0.1, 0.15) is 12.2 Å². The van der Waals surface area contributed by atoms with Gasteiger partial charge in [-0.1, -0.05) is 6.07 Å². The van der Waals surface area contributed by atoms with Gasteiger partial charge in [0.15, 0.2) is 6.61 Å². The highest BCUT2D eigenvalue weighted by atomic mass is 16.6. The molecule has 0 atom stereocenters. The number of hydrogen-bond acceptors (Lipinski definition) is 8. The monoisotopic (exact) mass is 359 g/mol. The molecule has 0 fully saturated rings. The number of hydrogen-bond donors (Lipinski definition) is 1. The van der Waals surface area contributed by atoms with E-state index in [9.17, 15) is 19.7 Å². The number of nitro groups is 1. The van der Waals surface area contributed by atoms with Crippen LogP contribution in [0.1, 0.15) is 5.56 Å². The lowest BCUT2D eigenvalue weighted by atomic mass is 10.2. The van der Waals surface area contributed by atoms with Gasteiger partial charge in [0.2, 0.25) is 5.95 Å². The first kappa shape index (κ1) is 18.8. The highest BCUT2D eigenvalue weighted by Gasteiger charge is 2.17. The molecule has 1 amide bonds. The van der Waals surface area contributed by atoms with Crippen molar-refractivity contribution in [3.05, 3.63) is 52.3 Å². The molecule has 1 N–H and O–H groups in total. The molecule has 1 heterocycles. The van der Waals surface area contributed by atoms with Crippen LogP contribution < -0.4 is 10.2 Å². The molecule has 136 valence electrons. The largest absolute Gasteiger partial charge is 0.454 e. The normalized spacial score (nSPS) is 10.1. The molecular formula is C16H17N5O5. The molecule has 10 heteroatoms. The van der Waals surface area contributed by atoms with Crippen molar-refractivity contribution < 1.29 is 19.2 Å². The van der Waals surface area contributed by atoms with Crippen molar-refractivity contribution in [1.82, 2.24) is 9.97 Å². The van der Waals surface area contributed by atoms with E-state index < -0.39 is 23.4 Å². The third-order valence-corrected chi connectivity index (χ3v) is 3.25. The summed E-state index contributed by atoms with van der Waals surface area (Å²) in [6.45, 7) is 0.989. The Hall–Kier alpha value is -3.56. The molecule has 0 unspecified atom stereocenters. The number of carbonyl (C=O) groups is 2. The topological polar surface area (TPSA) is 128 Å². The van der Waals surface area contributed by atoms with E-state index in [0.29, 0.717) is 11.5 Å². The first-order valence-corrected chi connectivity index (χ1v) is 7.55. The zero-order valence-corrected chi connectivity index (χ0v) is 14.2. The third kappa shape index (κ3) is 5.23. The molecule has 0 aliphatic carbocycles. The summed E-state index contributed by atoms with van der Waals surface area (Å²) >= 11 is 0. The van der Waals surface area contributed by atoms with Gasteiger partial charge in [0.25, 0.3) is 11.6 Å². The van der Waals surface area contributed by atoms with Gasteiger partial charge >= 0.3 is 5.97 Å². The Morgan fingerprint density at radius 3 is 2.65 bits per heavy atom. The second-order valence-corrected chi connectivity index (χ2v) is 5.39. The van der Waals surface area contributed by atoms with Gasteiger partial charge in [-0.25, -0.2) is 9.97 Å². The number of likely N-dealkylation sites (N-methyl/N-ethyl adjacent to an activating group) is 1. The van der Waals surface area contributed by atoms with E-state index in [1.165, 1.54) is 29.4 Å². The number of carbonyl (C=O) groups excluding carboxylic acids is 2. The zero-order chi connectivity index (χ0) is 19.1. The third-order valence-electron chi connectivity index (χ3n) is 3.25. The van der Waals surface area contributed by atoms with Gasteiger partial charge in [-0.3, -0.25) is 19.7 Å². The first-order chi connectivity index (χ1) is 12.4. The smallest absolute Gasteiger partial charge is 0.326 e. The number of ether oxygens (including phenoxy) is 1. The summed E-state index contributed by atoms with van der Waals surface area (Å²) in [5.41, 5.74) is 0.495. The second-order valence-electron chi connectivity index (χ2n) is 5.39. The number of aromatic nitrogens is 2. The lowest BCUT2D eigenvalue weighted by molar-refractivity contribution is -0.384. The van der Waals surface area contributed by atoms with E-state index in [1.54, 1.807) is 26.1 Å².